The molecule has 3 rings (SSSR count). The molecular weight excluding hydrogens is 372 g/mol. The summed E-state index contributed by atoms with van der Waals surface area (Å²) in [6.45, 7) is 0.237. The van der Waals surface area contributed by atoms with E-state index < -0.39 is 0 Å². The average molecular weight is 392 g/mol. The molecular formula is C21H20N4O4. The van der Waals surface area contributed by atoms with Crippen LogP contribution in [0, 0.1) is 11.3 Å². The fourth-order valence-corrected chi connectivity index (χ4v) is 2.81. The van der Waals surface area contributed by atoms with E-state index in [1.54, 1.807) is 12.1 Å². The number of aromatic nitrogens is 2. The lowest BCUT2D eigenvalue weighted by Gasteiger charge is -2.15. The van der Waals surface area contributed by atoms with Gasteiger partial charge >= 0.3 is 0 Å². The summed E-state index contributed by atoms with van der Waals surface area (Å²) in [5.41, 5.74) is 7.84. The van der Waals surface area contributed by atoms with Crippen molar-refractivity contribution in [1.82, 2.24) is 9.97 Å². The number of rotatable bonds is 7. The molecule has 0 atom stereocenters. The van der Waals surface area contributed by atoms with Crippen LogP contribution in [0.2, 0.25) is 0 Å². The number of benzene rings is 2. The summed E-state index contributed by atoms with van der Waals surface area (Å²) in [6.07, 6.45) is 0. The van der Waals surface area contributed by atoms with Gasteiger partial charge in [-0.1, -0.05) is 30.3 Å². The predicted octanol–water partition coefficient (Wildman–Crippen LogP) is 3.20. The second-order valence-electron chi connectivity index (χ2n) is 5.91. The van der Waals surface area contributed by atoms with Crippen LogP contribution in [0.1, 0.15) is 11.1 Å². The Morgan fingerprint density at radius 1 is 0.966 bits per heavy atom. The van der Waals surface area contributed by atoms with E-state index in [0.717, 1.165) is 5.56 Å². The van der Waals surface area contributed by atoms with E-state index in [2.05, 4.69) is 16.0 Å². The highest BCUT2D eigenvalue weighted by Crippen LogP contribution is 2.42. The van der Waals surface area contributed by atoms with Gasteiger partial charge in [-0.25, -0.2) is 4.98 Å². The van der Waals surface area contributed by atoms with Gasteiger partial charge in [-0.2, -0.15) is 10.2 Å². The zero-order valence-electron chi connectivity index (χ0n) is 16.3. The molecule has 0 saturated carbocycles. The third-order valence-corrected chi connectivity index (χ3v) is 4.16. The van der Waals surface area contributed by atoms with Crippen molar-refractivity contribution in [2.45, 2.75) is 6.61 Å². The molecule has 2 N–H and O–H groups in total. The monoisotopic (exact) mass is 392 g/mol. The van der Waals surface area contributed by atoms with Gasteiger partial charge < -0.3 is 24.7 Å². The van der Waals surface area contributed by atoms with Crippen molar-refractivity contribution in [2.24, 2.45) is 0 Å². The smallest absolute Gasteiger partial charge is 0.237 e. The molecule has 148 valence electrons. The molecule has 0 aliphatic heterocycles. The maximum Gasteiger partial charge on any atom is 0.237 e. The van der Waals surface area contributed by atoms with E-state index in [0.29, 0.717) is 28.5 Å². The zero-order chi connectivity index (χ0) is 20.8. The SMILES string of the molecule is COc1cc(-c2nc(N)nc(OCc3ccccc3)c2C#N)cc(OC)c1OC. The highest BCUT2D eigenvalue weighted by molar-refractivity contribution is 5.74. The molecule has 1 heterocycles. The zero-order valence-corrected chi connectivity index (χ0v) is 16.3. The Hall–Kier alpha value is -3.99. The maximum absolute atomic E-state index is 9.76. The normalized spacial score (nSPS) is 10.1. The Bertz CT molecular complexity index is 1020. The molecule has 1 aromatic heterocycles. The van der Waals surface area contributed by atoms with Crippen molar-refractivity contribution in [1.29, 1.82) is 5.26 Å². The lowest BCUT2D eigenvalue weighted by Crippen LogP contribution is -2.06. The molecule has 2 aromatic carbocycles. The molecule has 29 heavy (non-hydrogen) atoms. The number of methoxy groups -OCH3 is 3. The van der Waals surface area contributed by atoms with Crippen molar-refractivity contribution in [3.8, 4) is 40.5 Å². The second-order valence-corrected chi connectivity index (χ2v) is 5.91. The molecule has 0 saturated heterocycles. The lowest BCUT2D eigenvalue weighted by molar-refractivity contribution is 0.293. The number of nitrogens with two attached hydrogens (primary N) is 1. The van der Waals surface area contributed by atoms with E-state index in [-0.39, 0.29) is 24.0 Å². The van der Waals surface area contributed by atoms with Crippen LogP contribution in [0.3, 0.4) is 0 Å². The van der Waals surface area contributed by atoms with Crippen LogP contribution in [-0.4, -0.2) is 31.3 Å². The van der Waals surface area contributed by atoms with Gasteiger partial charge in [0.1, 0.15) is 18.2 Å². The molecule has 0 radical (unpaired) electrons. The minimum atomic E-state index is -0.0178. The highest BCUT2D eigenvalue weighted by atomic mass is 16.5. The summed E-state index contributed by atoms with van der Waals surface area (Å²) >= 11 is 0. The maximum atomic E-state index is 9.76. The summed E-state index contributed by atoms with van der Waals surface area (Å²) in [6, 6.07) is 15.0. The van der Waals surface area contributed by atoms with Gasteiger partial charge in [0.25, 0.3) is 0 Å². The first-order chi connectivity index (χ1) is 14.1. The van der Waals surface area contributed by atoms with E-state index in [1.165, 1.54) is 21.3 Å². The van der Waals surface area contributed by atoms with Gasteiger partial charge in [-0.3, -0.25) is 0 Å². The number of nitriles is 1. The van der Waals surface area contributed by atoms with Gasteiger partial charge in [0.05, 0.1) is 27.0 Å². The van der Waals surface area contributed by atoms with Crippen LogP contribution >= 0.6 is 0 Å². The molecule has 0 fully saturated rings. The Morgan fingerprint density at radius 2 is 1.62 bits per heavy atom. The first-order valence-corrected chi connectivity index (χ1v) is 8.66. The third kappa shape index (κ3) is 4.14. The molecule has 8 heteroatoms. The summed E-state index contributed by atoms with van der Waals surface area (Å²) in [4.78, 5) is 8.35. The van der Waals surface area contributed by atoms with Crippen LogP contribution in [0.4, 0.5) is 5.95 Å². The van der Waals surface area contributed by atoms with Crippen molar-refractivity contribution in [2.75, 3.05) is 27.1 Å². The van der Waals surface area contributed by atoms with Gasteiger partial charge in [0.2, 0.25) is 17.6 Å². The van der Waals surface area contributed by atoms with Gasteiger partial charge in [0.15, 0.2) is 11.5 Å². The van der Waals surface area contributed by atoms with Gasteiger partial charge in [-0.05, 0) is 17.7 Å². The van der Waals surface area contributed by atoms with Crippen LogP contribution in [0.25, 0.3) is 11.3 Å². The first-order valence-electron chi connectivity index (χ1n) is 8.66. The van der Waals surface area contributed by atoms with Crippen LogP contribution in [0.15, 0.2) is 42.5 Å². The van der Waals surface area contributed by atoms with E-state index >= 15 is 0 Å². The standard InChI is InChI=1S/C21H20N4O4/c1-26-16-9-14(10-17(27-2)19(16)28-3)18-15(11-22)20(25-21(23)24-18)29-12-13-7-5-4-6-8-13/h4-10H,12H2,1-3H3,(H2,23,24,25). The number of anilines is 1. The summed E-state index contributed by atoms with van der Waals surface area (Å²) < 4.78 is 21.9. The van der Waals surface area contributed by atoms with E-state index in [9.17, 15) is 5.26 Å². The van der Waals surface area contributed by atoms with Crippen LogP contribution < -0.4 is 24.7 Å². The number of hydrogen-bond donors (Lipinski definition) is 1. The Labute approximate surface area is 168 Å². The Morgan fingerprint density at radius 3 is 2.17 bits per heavy atom. The second kappa shape index (κ2) is 8.80. The third-order valence-electron chi connectivity index (χ3n) is 4.16. The summed E-state index contributed by atoms with van der Waals surface area (Å²) in [7, 11) is 4.53. The molecule has 3 aromatic rings. The van der Waals surface area contributed by atoms with Gasteiger partial charge in [0, 0.05) is 5.56 Å². The molecule has 0 amide bonds. The van der Waals surface area contributed by atoms with Crippen molar-refractivity contribution < 1.29 is 18.9 Å². The number of ether oxygens (including phenoxy) is 4. The summed E-state index contributed by atoms with van der Waals surface area (Å²) in [5.74, 6) is 1.37. The van der Waals surface area contributed by atoms with E-state index in [1.807, 2.05) is 30.3 Å². The van der Waals surface area contributed by atoms with Crippen LogP contribution in [-0.2, 0) is 6.61 Å². The quantitative estimate of drug-likeness (QED) is 0.652. The largest absolute Gasteiger partial charge is 0.493 e. The number of nitrogens with zero attached hydrogens (tertiary/aromatic N) is 3. The molecule has 0 bridgehead atoms. The fourth-order valence-electron chi connectivity index (χ4n) is 2.81. The van der Waals surface area contributed by atoms with Crippen molar-refractivity contribution >= 4 is 5.95 Å². The summed E-state index contributed by atoms with van der Waals surface area (Å²) in [5, 5.41) is 9.76. The minimum Gasteiger partial charge on any atom is -0.493 e. The molecule has 0 unspecified atom stereocenters. The van der Waals surface area contributed by atoms with Gasteiger partial charge in [-0.15, -0.1) is 0 Å². The minimum absolute atomic E-state index is 0.0178. The molecule has 0 spiro atoms. The molecule has 8 nitrogen and oxygen atoms in total. The topological polar surface area (TPSA) is 113 Å². The fraction of sp³-hybridized carbons (Fsp3) is 0.190. The number of nitrogen functional groups attached to an aromatic ring is 1. The molecule has 0 aliphatic carbocycles. The lowest BCUT2D eigenvalue weighted by atomic mass is 10.1. The Balaban J connectivity index is 2.08. The predicted molar refractivity (Wildman–Crippen MR) is 107 cm³/mol. The van der Waals surface area contributed by atoms with E-state index in [4.69, 9.17) is 24.7 Å². The Kier molecular flexibility index (Phi) is 6.00. The molecule has 0 aliphatic rings. The van der Waals surface area contributed by atoms with Crippen molar-refractivity contribution in [3.63, 3.8) is 0 Å². The van der Waals surface area contributed by atoms with Crippen molar-refractivity contribution in [3.05, 3.63) is 53.6 Å². The highest BCUT2D eigenvalue weighted by Gasteiger charge is 2.21. The average Bonchev–Trinajstić information content (AvgIpc) is 2.76. The van der Waals surface area contributed by atoms with Crippen LogP contribution in [0.5, 0.6) is 23.1 Å². The number of hydrogen-bond acceptors (Lipinski definition) is 8. The first kappa shape index (κ1) is 19.8.